The zero-order valence-corrected chi connectivity index (χ0v) is 10.3. The number of nitrogen functional groups attached to an aromatic ring is 1. The van der Waals surface area contributed by atoms with Gasteiger partial charge in [-0.15, -0.1) is 0 Å². The highest BCUT2D eigenvalue weighted by Crippen LogP contribution is 2.15. The van der Waals surface area contributed by atoms with Gasteiger partial charge in [-0.05, 0) is 19.9 Å². The average molecular weight is 238 g/mol. The van der Waals surface area contributed by atoms with Crippen molar-refractivity contribution in [3.05, 3.63) is 24.0 Å². The highest BCUT2D eigenvalue weighted by molar-refractivity contribution is 5.99. The molecule has 0 saturated heterocycles. The molecule has 6 heteroatoms. The number of hydrazine groups is 1. The van der Waals surface area contributed by atoms with Gasteiger partial charge in [-0.2, -0.15) is 0 Å². The smallest absolute Gasteiger partial charge is 0.255 e. The Balaban J connectivity index is 2.89. The average Bonchev–Trinajstić information content (AvgIpc) is 2.25. The Labute approximate surface area is 100 Å². The van der Waals surface area contributed by atoms with Crippen LogP contribution in [0.2, 0.25) is 0 Å². The van der Waals surface area contributed by atoms with Gasteiger partial charge in [-0.1, -0.05) is 0 Å². The maximum absolute atomic E-state index is 12.1. The first-order valence-corrected chi connectivity index (χ1v) is 5.23. The summed E-state index contributed by atoms with van der Waals surface area (Å²) in [7, 11) is 1.63. The van der Waals surface area contributed by atoms with Gasteiger partial charge in [0, 0.05) is 19.8 Å². The maximum Gasteiger partial charge on any atom is 0.255 e. The second kappa shape index (κ2) is 5.11. The maximum atomic E-state index is 12.1. The van der Waals surface area contributed by atoms with E-state index in [0.717, 1.165) is 0 Å². The van der Waals surface area contributed by atoms with Crippen LogP contribution in [0.3, 0.4) is 0 Å². The molecule has 0 aromatic carbocycles. The minimum Gasteiger partial charge on any atom is -0.389 e. The van der Waals surface area contributed by atoms with Gasteiger partial charge in [0.2, 0.25) is 0 Å². The van der Waals surface area contributed by atoms with Crippen LogP contribution in [0.5, 0.6) is 0 Å². The van der Waals surface area contributed by atoms with Crippen LogP contribution in [0, 0.1) is 0 Å². The van der Waals surface area contributed by atoms with E-state index >= 15 is 0 Å². The molecule has 1 rings (SSSR count). The van der Waals surface area contributed by atoms with Crippen LogP contribution in [0.1, 0.15) is 24.2 Å². The van der Waals surface area contributed by atoms with Gasteiger partial charge in [0.05, 0.1) is 23.0 Å². The third-order valence-electron chi connectivity index (χ3n) is 2.18. The number of rotatable bonds is 4. The summed E-state index contributed by atoms with van der Waals surface area (Å²) < 4.78 is 0. The number of nitrogens with two attached hydrogens (primary N) is 1. The molecule has 0 fully saturated rings. The molecule has 1 aromatic rings. The quantitative estimate of drug-likeness (QED) is 0.515. The number of likely N-dealkylation sites (N-methyl/N-ethyl adjacent to an activating group) is 1. The van der Waals surface area contributed by atoms with Crippen molar-refractivity contribution < 1.29 is 9.90 Å². The van der Waals surface area contributed by atoms with Gasteiger partial charge in [-0.25, -0.2) is 0 Å². The summed E-state index contributed by atoms with van der Waals surface area (Å²) in [5.74, 6) is 5.09. The number of aliphatic hydroxyl groups is 1. The first-order valence-electron chi connectivity index (χ1n) is 5.23. The number of aromatic nitrogens is 1. The van der Waals surface area contributed by atoms with E-state index < -0.39 is 5.60 Å². The van der Waals surface area contributed by atoms with Crippen molar-refractivity contribution >= 4 is 11.6 Å². The zero-order chi connectivity index (χ0) is 13.1. The van der Waals surface area contributed by atoms with Gasteiger partial charge in [-0.3, -0.25) is 15.6 Å². The Hall–Kier alpha value is -1.66. The first-order chi connectivity index (χ1) is 7.85. The Kier molecular flexibility index (Phi) is 4.03. The lowest BCUT2D eigenvalue weighted by Gasteiger charge is -2.26. The van der Waals surface area contributed by atoms with E-state index in [4.69, 9.17) is 5.84 Å². The molecule has 0 spiro atoms. The highest BCUT2D eigenvalue weighted by Gasteiger charge is 2.21. The fourth-order valence-electron chi connectivity index (χ4n) is 1.55. The molecule has 1 aromatic heterocycles. The predicted octanol–water partition coefficient (Wildman–Crippen LogP) is 0.210. The topological polar surface area (TPSA) is 91.5 Å². The lowest BCUT2D eigenvalue weighted by Crippen LogP contribution is -2.40. The Morgan fingerprint density at radius 2 is 2.29 bits per heavy atom. The molecule has 0 radical (unpaired) electrons. The van der Waals surface area contributed by atoms with Crippen molar-refractivity contribution in [3.8, 4) is 0 Å². The van der Waals surface area contributed by atoms with Crippen molar-refractivity contribution in [3.63, 3.8) is 0 Å². The fourth-order valence-corrected chi connectivity index (χ4v) is 1.55. The van der Waals surface area contributed by atoms with Crippen LogP contribution in [-0.4, -0.2) is 40.1 Å². The molecule has 0 saturated carbocycles. The number of carbonyl (C=O) groups excluding carboxylic acids is 1. The van der Waals surface area contributed by atoms with Crippen LogP contribution in [0.25, 0.3) is 0 Å². The highest BCUT2D eigenvalue weighted by atomic mass is 16.3. The van der Waals surface area contributed by atoms with Crippen LogP contribution in [-0.2, 0) is 0 Å². The van der Waals surface area contributed by atoms with Gasteiger partial charge in [0.25, 0.3) is 5.91 Å². The summed E-state index contributed by atoms with van der Waals surface area (Å²) in [5.41, 5.74) is 2.37. The van der Waals surface area contributed by atoms with Crippen molar-refractivity contribution in [2.24, 2.45) is 5.84 Å². The lowest BCUT2D eigenvalue weighted by atomic mass is 10.1. The predicted molar refractivity (Wildman–Crippen MR) is 65.3 cm³/mol. The molecule has 94 valence electrons. The van der Waals surface area contributed by atoms with Gasteiger partial charge >= 0.3 is 0 Å². The molecule has 0 bridgehead atoms. The number of nitrogens with zero attached hydrogens (tertiary/aromatic N) is 2. The number of pyridine rings is 1. The molecular weight excluding hydrogens is 220 g/mol. The van der Waals surface area contributed by atoms with Crippen LogP contribution in [0.4, 0.5) is 5.69 Å². The number of carbonyl (C=O) groups is 1. The summed E-state index contributed by atoms with van der Waals surface area (Å²) in [5, 5.41) is 9.66. The molecule has 0 atom stereocenters. The minimum atomic E-state index is -0.937. The zero-order valence-electron chi connectivity index (χ0n) is 10.3. The van der Waals surface area contributed by atoms with Crippen molar-refractivity contribution in [2.45, 2.75) is 19.4 Å². The van der Waals surface area contributed by atoms with E-state index in [1.54, 1.807) is 27.0 Å². The standard InChI is InChI=1S/C11H18N4O2/c1-11(2,17)7-15(3)10(16)8-4-5-13-6-9(8)14-12/h4-6,14,17H,7,12H2,1-3H3. The number of amides is 1. The Bertz CT molecular complexity index is 401. The summed E-state index contributed by atoms with van der Waals surface area (Å²) in [6, 6.07) is 1.58. The third kappa shape index (κ3) is 3.69. The van der Waals surface area contributed by atoms with Crippen molar-refractivity contribution in [1.82, 2.24) is 9.88 Å². The van der Waals surface area contributed by atoms with Crippen LogP contribution >= 0.6 is 0 Å². The van der Waals surface area contributed by atoms with E-state index in [2.05, 4.69) is 10.4 Å². The molecular formula is C11H18N4O2. The molecule has 6 nitrogen and oxygen atoms in total. The minimum absolute atomic E-state index is 0.220. The summed E-state index contributed by atoms with van der Waals surface area (Å²) in [6.07, 6.45) is 3.00. The fraction of sp³-hybridized carbons (Fsp3) is 0.455. The van der Waals surface area contributed by atoms with E-state index in [1.807, 2.05) is 0 Å². The second-order valence-corrected chi connectivity index (χ2v) is 4.54. The second-order valence-electron chi connectivity index (χ2n) is 4.54. The van der Waals surface area contributed by atoms with E-state index in [-0.39, 0.29) is 12.5 Å². The normalized spacial score (nSPS) is 11.1. The van der Waals surface area contributed by atoms with Gasteiger partial charge in [0.15, 0.2) is 0 Å². The van der Waals surface area contributed by atoms with Crippen LogP contribution < -0.4 is 11.3 Å². The van der Waals surface area contributed by atoms with Crippen molar-refractivity contribution in [1.29, 1.82) is 0 Å². The van der Waals surface area contributed by atoms with Crippen LogP contribution in [0.15, 0.2) is 18.5 Å². The van der Waals surface area contributed by atoms with E-state index in [1.165, 1.54) is 17.3 Å². The molecule has 0 aliphatic heterocycles. The number of anilines is 1. The summed E-state index contributed by atoms with van der Waals surface area (Å²) in [6.45, 7) is 3.52. The Morgan fingerprint density at radius 3 is 2.82 bits per heavy atom. The lowest BCUT2D eigenvalue weighted by molar-refractivity contribution is 0.0368. The monoisotopic (exact) mass is 238 g/mol. The van der Waals surface area contributed by atoms with Gasteiger partial charge in [0.1, 0.15) is 0 Å². The Morgan fingerprint density at radius 1 is 1.65 bits per heavy atom. The van der Waals surface area contributed by atoms with Crippen molar-refractivity contribution in [2.75, 3.05) is 19.0 Å². The molecule has 17 heavy (non-hydrogen) atoms. The largest absolute Gasteiger partial charge is 0.389 e. The molecule has 1 heterocycles. The summed E-state index contributed by atoms with van der Waals surface area (Å²) >= 11 is 0. The SMILES string of the molecule is CN(CC(C)(C)O)C(=O)c1ccncc1NN. The molecule has 0 aliphatic rings. The number of hydrogen-bond acceptors (Lipinski definition) is 5. The first kappa shape index (κ1) is 13.4. The summed E-state index contributed by atoms with van der Waals surface area (Å²) in [4.78, 5) is 17.4. The number of hydrogen-bond donors (Lipinski definition) is 3. The number of nitrogens with one attached hydrogen (secondary N) is 1. The molecule has 0 unspecified atom stereocenters. The van der Waals surface area contributed by atoms with Gasteiger partial charge < -0.3 is 15.4 Å². The molecule has 4 N–H and O–H groups in total. The van der Waals surface area contributed by atoms with E-state index in [0.29, 0.717) is 11.3 Å². The molecule has 1 amide bonds. The van der Waals surface area contributed by atoms with E-state index in [9.17, 15) is 9.90 Å². The third-order valence-corrected chi connectivity index (χ3v) is 2.18. The molecule has 0 aliphatic carbocycles.